The highest BCUT2D eigenvalue weighted by atomic mass is 127. The molecule has 3 heterocycles. The van der Waals surface area contributed by atoms with E-state index in [0.717, 1.165) is 70.3 Å². The van der Waals surface area contributed by atoms with Gasteiger partial charge >= 0.3 is 0 Å². The predicted octanol–water partition coefficient (Wildman–Crippen LogP) is 2.09. The minimum atomic E-state index is 0. The van der Waals surface area contributed by atoms with Gasteiger partial charge < -0.3 is 15.0 Å². The second-order valence-electron chi connectivity index (χ2n) is 6.53. The van der Waals surface area contributed by atoms with E-state index in [1.165, 1.54) is 0 Å². The van der Waals surface area contributed by atoms with Crippen LogP contribution in [0, 0.1) is 0 Å². The molecule has 0 aliphatic carbocycles. The predicted molar refractivity (Wildman–Crippen MR) is 113 cm³/mol. The van der Waals surface area contributed by atoms with Crippen LogP contribution in [-0.2, 0) is 4.74 Å². The number of hydrogen-bond acceptors (Lipinski definition) is 5. The Hall–Kier alpha value is -0.550. The Morgan fingerprint density at radius 1 is 1.44 bits per heavy atom. The van der Waals surface area contributed by atoms with Crippen molar-refractivity contribution < 1.29 is 4.74 Å². The summed E-state index contributed by atoms with van der Waals surface area (Å²) in [5.41, 5.74) is 0. The first-order chi connectivity index (χ1) is 11.8. The summed E-state index contributed by atoms with van der Waals surface area (Å²) in [6.07, 6.45) is 8.17. The maximum absolute atomic E-state index is 5.53. The average molecular weight is 480 g/mol. The molecule has 0 atom stereocenters. The fraction of sp³-hybridized carbons (Fsp3) is 0.812. The van der Waals surface area contributed by atoms with Crippen molar-refractivity contribution in [2.75, 3.05) is 46.2 Å². The van der Waals surface area contributed by atoms with Gasteiger partial charge in [-0.25, -0.2) is 4.98 Å². The van der Waals surface area contributed by atoms with Crippen LogP contribution in [0.5, 0.6) is 0 Å². The second kappa shape index (κ2) is 9.96. The van der Waals surface area contributed by atoms with Crippen LogP contribution in [0.25, 0.3) is 0 Å². The van der Waals surface area contributed by atoms with Crippen molar-refractivity contribution in [2.24, 2.45) is 4.99 Å². The highest BCUT2D eigenvalue weighted by Gasteiger charge is 2.32. The third-order valence-corrected chi connectivity index (χ3v) is 6.65. The molecule has 0 saturated carbocycles. The van der Waals surface area contributed by atoms with Crippen molar-refractivity contribution in [3.8, 4) is 0 Å². The molecule has 2 saturated heterocycles. The van der Waals surface area contributed by atoms with Gasteiger partial charge in [0.1, 0.15) is 12.2 Å². The highest BCUT2D eigenvalue weighted by Crippen LogP contribution is 2.33. The lowest BCUT2D eigenvalue weighted by Gasteiger charge is -2.38. The lowest BCUT2D eigenvalue weighted by atomic mass is 9.96. The van der Waals surface area contributed by atoms with E-state index in [1.807, 2.05) is 18.8 Å². The summed E-state index contributed by atoms with van der Waals surface area (Å²) in [7, 11) is 1.88. The maximum atomic E-state index is 5.53. The quantitative estimate of drug-likeness (QED) is 0.391. The molecule has 2 N–H and O–H groups in total. The van der Waals surface area contributed by atoms with Gasteiger partial charge in [-0.05, 0) is 31.9 Å². The number of nitrogens with one attached hydrogen (secondary N) is 2. The number of guanidine groups is 1. The molecule has 3 rings (SSSR count). The Morgan fingerprint density at radius 2 is 2.16 bits per heavy atom. The molecule has 0 spiro atoms. The van der Waals surface area contributed by atoms with Crippen molar-refractivity contribution in [1.82, 2.24) is 25.4 Å². The molecule has 1 aromatic heterocycles. The van der Waals surface area contributed by atoms with E-state index in [4.69, 9.17) is 4.74 Å². The third kappa shape index (κ3) is 5.22. The van der Waals surface area contributed by atoms with Crippen LogP contribution in [0.2, 0.25) is 0 Å². The zero-order chi connectivity index (χ0) is 16.8. The molecule has 7 nitrogen and oxygen atoms in total. The van der Waals surface area contributed by atoms with Crippen LogP contribution in [-0.4, -0.2) is 76.9 Å². The van der Waals surface area contributed by atoms with E-state index in [9.17, 15) is 0 Å². The molecular weight excluding hydrogens is 451 g/mol. The monoisotopic (exact) mass is 480 g/mol. The first-order valence-electron chi connectivity index (χ1n) is 8.70. The van der Waals surface area contributed by atoms with Crippen molar-refractivity contribution in [1.29, 1.82) is 0 Å². The molecule has 2 aliphatic heterocycles. The molecule has 142 valence electrons. The number of ether oxygens (including phenoxy) is 1. The zero-order valence-corrected chi connectivity index (χ0v) is 18.2. The minimum absolute atomic E-state index is 0. The summed E-state index contributed by atoms with van der Waals surface area (Å²) in [5.74, 6) is 2.52. The van der Waals surface area contributed by atoms with Crippen LogP contribution in [0.4, 0.5) is 0 Å². The van der Waals surface area contributed by atoms with E-state index in [-0.39, 0.29) is 28.7 Å². The van der Waals surface area contributed by atoms with E-state index in [1.54, 1.807) is 6.33 Å². The van der Waals surface area contributed by atoms with Gasteiger partial charge in [0, 0.05) is 50.6 Å². The summed E-state index contributed by atoms with van der Waals surface area (Å²) >= 11 is 1.96. The fourth-order valence-corrected chi connectivity index (χ4v) is 4.34. The van der Waals surface area contributed by atoms with E-state index >= 15 is 0 Å². The van der Waals surface area contributed by atoms with Gasteiger partial charge in [0.15, 0.2) is 5.96 Å². The summed E-state index contributed by atoms with van der Waals surface area (Å²) in [4.78, 5) is 11.2. The zero-order valence-electron chi connectivity index (χ0n) is 15.0. The maximum Gasteiger partial charge on any atom is 0.193 e. The number of aromatic amines is 1. The van der Waals surface area contributed by atoms with Gasteiger partial charge in [0.2, 0.25) is 0 Å². The van der Waals surface area contributed by atoms with Gasteiger partial charge in [-0.1, -0.05) is 0 Å². The number of likely N-dealkylation sites (tertiary alicyclic amines) is 1. The third-order valence-electron chi connectivity index (χ3n) is 5.23. The van der Waals surface area contributed by atoms with Gasteiger partial charge in [-0.3, -0.25) is 10.1 Å². The van der Waals surface area contributed by atoms with E-state index in [2.05, 4.69) is 36.6 Å². The molecule has 25 heavy (non-hydrogen) atoms. The minimum Gasteiger partial charge on any atom is -0.381 e. The van der Waals surface area contributed by atoms with Gasteiger partial charge in [-0.15, -0.1) is 24.0 Å². The molecule has 1 aromatic rings. The smallest absolute Gasteiger partial charge is 0.193 e. The Morgan fingerprint density at radius 3 is 2.72 bits per heavy atom. The van der Waals surface area contributed by atoms with Crippen LogP contribution >= 0.6 is 35.7 Å². The highest BCUT2D eigenvalue weighted by molar-refractivity contribution is 14.0. The average Bonchev–Trinajstić information content (AvgIpc) is 3.18. The molecule has 9 heteroatoms. The summed E-state index contributed by atoms with van der Waals surface area (Å²) < 4.78 is 5.80. The summed E-state index contributed by atoms with van der Waals surface area (Å²) in [6.45, 7) is 4.68. The van der Waals surface area contributed by atoms with Crippen LogP contribution in [0.15, 0.2) is 11.3 Å². The number of H-pyrrole nitrogens is 1. The number of aromatic nitrogens is 3. The second-order valence-corrected chi connectivity index (χ2v) is 7.81. The number of thioether (sulfide) groups is 1. The molecule has 0 amide bonds. The molecule has 2 aliphatic rings. The Balaban J connectivity index is 0.00000225. The number of rotatable bonds is 4. The molecule has 2 fully saturated rings. The number of aliphatic imine (C=N–C) groups is 1. The number of nitrogens with zero attached hydrogens (tertiary/aromatic N) is 4. The van der Waals surface area contributed by atoms with Crippen LogP contribution in [0.1, 0.15) is 37.4 Å². The van der Waals surface area contributed by atoms with Crippen molar-refractivity contribution >= 4 is 41.7 Å². The molecule has 0 bridgehead atoms. The molecule has 0 aromatic carbocycles. The summed E-state index contributed by atoms with van der Waals surface area (Å²) in [6, 6.07) is 0. The summed E-state index contributed by atoms with van der Waals surface area (Å²) in [5, 5.41) is 10.6. The molecular formula is C16H29IN6OS. The van der Waals surface area contributed by atoms with Crippen LogP contribution in [0.3, 0.4) is 0 Å². The van der Waals surface area contributed by atoms with Crippen molar-refractivity contribution in [3.05, 3.63) is 12.2 Å². The lowest BCUT2D eigenvalue weighted by Crippen LogP contribution is -2.50. The van der Waals surface area contributed by atoms with Gasteiger partial charge in [0.25, 0.3) is 0 Å². The first-order valence-corrected chi connectivity index (χ1v) is 9.92. The Bertz CT molecular complexity index is 527. The Kier molecular flexibility index (Phi) is 8.27. The number of piperidine rings is 1. The molecule has 0 unspecified atom stereocenters. The first kappa shape index (κ1) is 20.8. The Labute approximate surface area is 171 Å². The SMILES string of the molecule is CN=C(NCC1(SC)CCOCC1)N1CCC(c2ncn[nH]2)CC1.I. The largest absolute Gasteiger partial charge is 0.381 e. The van der Waals surface area contributed by atoms with Crippen LogP contribution < -0.4 is 5.32 Å². The number of halogens is 1. The van der Waals surface area contributed by atoms with Crippen molar-refractivity contribution in [3.63, 3.8) is 0 Å². The van der Waals surface area contributed by atoms with Gasteiger partial charge in [0.05, 0.1) is 0 Å². The number of hydrogen-bond donors (Lipinski definition) is 2. The standard InChI is InChI=1S/C16H28N6OS.HI/c1-17-15(18-11-16(24-2)5-9-23-10-6-16)22-7-3-13(4-8-22)14-19-12-20-21-14;/h12-13H,3-11H2,1-2H3,(H,17,18)(H,19,20,21);1H. The lowest BCUT2D eigenvalue weighted by molar-refractivity contribution is 0.0781. The van der Waals surface area contributed by atoms with Crippen molar-refractivity contribution in [2.45, 2.75) is 36.3 Å². The van der Waals surface area contributed by atoms with E-state index < -0.39 is 0 Å². The normalized spacial score (nSPS) is 21.7. The fourth-order valence-electron chi connectivity index (χ4n) is 3.55. The molecule has 0 radical (unpaired) electrons. The topological polar surface area (TPSA) is 78.4 Å². The van der Waals surface area contributed by atoms with E-state index in [0.29, 0.717) is 5.92 Å². The van der Waals surface area contributed by atoms with Gasteiger partial charge in [-0.2, -0.15) is 16.9 Å².